The quantitative estimate of drug-likeness (QED) is 0.598. The van der Waals surface area contributed by atoms with Gasteiger partial charge >= 0.3 is 0 Å². The standard InChI is InChI=1S/C18H13N3O2/c22-17-10-4-9-16-19-11-15(21(16)17)18(23)20-14-8-3-6-12-5-1-2-7-13(12)14/h1-11,19H,(H,20,23). The van der Waals surface area contributed by atoms with Gasteiger partial charge in [-0.15, -0.1) is 0 Å². The first kappa shape index (κ1) is 13.3. The average molecular weight is 303 g/mol. The van der Waals surface area contributed by atoms with E-state index in [0.717, 1.165) is 10.8 Å². The van der Waals surface area contributed by atoms with E-state index in [9.17, 15) is 9.59 Å². The fourth-order valence-electron chi connectivity index (χ4n) is 2.75. The van der Waals surface area contributed by atoms with Gasteiger partial charge in [-0.25, -0.2) is 0 Å². The minimum Gasteiger partial charge on any atom is -0.345 e. The van der Waals surface area contributed by atoms with Crippen LogP contribution in [0.3, 0.4) is 0 Å². The maximum absolute atomic E-state index is 12.6. The number of carbonyl (C=O) groups excluding carboxylic acids is 1. The molecular weight excluding hydrogens is 290 g/mol. The summed E-state index contributed by atoms with van der Waals surface area (Å²) in [6.45, 7) is 0. The van der Waals surface area contributed by atoms with Gasteiger partial charge in [-0.05, 0) is 17.5 Å². The van der Waals surface area contributed by atoms with Crippen molar-refractivity contribution in [3.05, 3.63) is 82.9 Å². The Hall–Kier alpha value is -3.34. The monoisotopic (exact) mass is 303 g/mol. The van der Waals surface area contributed by atoms with Gasteiger partial charge in [0.25, 0.3) is 11.5 Å². The minimum absolute atomic E-state index is 0.244. The summed E-state index contributed by atoms with van der Waals surface area (Å²) in [6.07, 6.45) is 1.54. The molecule has 1 amide bonds. The zero-order valence-electron chi connectivity index (χ0n) is 12.1. The van der Waals surface area contributed by atoms with Gasteiger partial charge in [-0.3, -0.25) is 14.0 Å². The normalized spacial score (nSPS) is 11.0. The van der Waals surface area contributed by atoms with E-state index in [2.05, 4.69) is 10.3 Å². The van der Waals surface area contributed by atoms with Gasteiger partial charge in [0, 0.05) is 23.3 Å². The van der Waals surface area contributed by atoms with Crippen LogP contribution in [0.5, 0.6) is 0 Å². The lowest BCUT2D eigenvalue weighted by Gasteiger charge is -2.08. The third-order valence-corrected chi connectivity index (χ3v) is 3.82. The summed E-state index contributed by atoms with van der Waals surface area (Å²) in [5.41, 5.74) is 1.33. The van der Waals surface area contributed by atoms with E-state index in [-0.39, 0.29) is 17.2 Å². The summed E-state index contributed by atoms with van der Waals surface area (Å²) in [6, 6.07) is 18.4. The molecule has 2 N–H and O–H groups in total. The highest BCUT2D eigenvalue weighted by Gasteiger charge is 2.14. The van der Waals surface area contributed by atoms with Gasteiger partial charge < -0.3 is 10.3 Å². The van der Waals surface area contributed by atoms with Gasteiger partial charge in [-0.2, -0.15) is 0 Å². The van der Waals surface area contributed by atoms with Crippen LogP contribution in [0.2, 0.25) is 0 Å². The number of fused-ring (bicyclic) bond motifs is 2. The van der Waals surface area contributed by atoms with E-state index in [0.29, 0.717) is 11.3 Å². The highest BCUT2D eigenvalue weighted by molar-refractivity contribution is 6.08. The molecule has 0 aliphatic carbocycles. The van der Waals surface area contributed by atoms with Crippen molar-refractivity contribution in [3.63, 3.8) is 0 Å². The molecule has 112 valence electrons. The molecule has 0 aliphatic rings. The Balaban J connectivity index is 1.79. The highest BCUT2D eigenvalue weighted by atomic mass is 16.2. The molecule has 0 fully saturated rings. The Labute approximate surface area is 131 Å². The second-order valence-corrected chi connectivity index (χ2v) is 5.24. The molecule has 2 aromatic carbocycles. The highest BCUT2D eigenvalue weighted by Crippen LogP contribution is 2.23. The first-order valence-corrected chi connectivity index (χ1v) is 7.22. The molecule has 5 nitrogen and oxygen atoms in total. The Morgan fingerprint density at radius 3 is 2.65 bits per heavy atom. The number of imidazole rings is 1. The maximum Gasteiger partial charge on any atom is 0.274 e. The van der Waals surface area contributed by atoms with Crippen LogP contribution in [0, 0.1) is 0 Å². The number of aromatic amines is 1. The van der Waals surface area contributed by atoms with Crippen LogP contribution in [0.1, 0.15) is 10.5 Å². The van der Waals surface area contributed by atoms with Crippen LogP contribution in [-0.2, 0) is 0 Å². The average Bonchev–Trinajstić information content (AvgIpc) is 3.01. The van der Waals surface area contributed by atoms with Crippen molar-refractivity contribution in [1.82, 2.24) is 9.38 Å². The first-order valence-electron chi connectivity index (χ1n) is 7.22. The molecular formula is C18H13N3O2. The summed E-state index contributed by atoms with van der Waals surface area (Å²) in [5, 5.41) is 4.89. The second kappa shape index (κ2) is 5.14. The number of pyridine rings is 1. The van der Waals surface area contributed by atoms with Crippen molar-refractivity contribution in [3.8, 4) is 0 Å². The fraction of sp³-hybridized carbons (Fsp3) is 0. The lowest BCUT2D eigenvalue weighted by atomic mass is 10.1. The van der Waals surface area contributed by atoms with E-state index in [1.165, 1.54) is 16.7 Å². The fourth-order valence-corrected chi connectivity index (χ4v) is 2.75. The number of amides is 1. The Morgan fingerprint density at radius 2 is 1.74 bits per heavy atom. The molecule has 2 aromatic heterocycles. The molecule has 5 heteroatoms. The SMILES string of the molecule is O=C(Nc1cccc2ccccc12)c1c[nH]c2cccc(=O)n12. The van der Waals surface area contributed by atoms with E-state index >= 15 is 0 Å². The van der Waals surface area contributed by atoms with Gasteiger partial charge in [0.15, 0.2) is 0 Å². The molecule has 2 heterocycles. The number of H-pyrrole nitrogens is 1. The lowest BCUT2D eigenvalue weighted by Crippen LogP contribution is -2.20. The summed E-state index contributed by atoms with van der Waals surface area (Å²) < 4.78 is 1.36. The molecule has 4 rings (SSSR count). The van der Waals surface area contributed by atoms with Crippen LogP contribution in [0.4, 0.5) is 5.69 Å². The predicted molar refractivity (Wildman–Crippen MR) is 89.9 cm³/mol. The van der Waals surface area contributed by atoms with Crippen LogP contribution >= 0.6 is 0 Å². The number of benzene rings is 2. The van der Waals surface area contributed by atoms with Crippen molar-refractivity contribution in [2.75, 3.05) is 5.32 Å². The number of rotatable bonds is 2. The molecule has 23 heavy (non-hydrogen) atoms. The summed E-state index contributed by atoms with van der Waals surface area (Å²) in [7, 11) is 0. The zero-order chi connectivity index (χ0) is 15.8. The van der Waals surface area contributed by atoms with Crippen molar-refractivity contribution in [2.24, 2.45) is 0 Å². The zero-order valence-corrected chi connectivity index (χ0v) is 12.1. The van der Waals surface area contributed by atoms with Crippen molar-refractivity contribution in [2.45, 2.75) is 0 Å². The van der Waals surface area contributed by atoms with Crippen LogP contribution in [0.15, 0.2) is 71.7 Å². The van der Waals surface area contributed by atoms with Crippen LogP contribution in [-0.4, -0.2) is 15.3 Å². The number of aromatic nitrogens is 2. The molecule has 0 saturated carbocycles. The largest absolute Gasteiger partial charge is 0.345 e. The van der Waals surface area contributed by atoms with Gasteiger partial charge in [-0.1, -0.05) is 42.5 Å². The van der Waals surface area contributed by atoms with E-state index in [4.69, 9.17) is 0 Å². The summed E-state index contributed by atoms with van der Waals surface area (Å²) in [5.74, 6) is -0.332. The Bertz CT molecular complexity index is 1090. The Kier molecular flexibility index (Phi) is 2.98. The van der Waals surface area contributed by atoms with E-state index < -0.39 is 0 Å². The van der Waals surface area contributed by atoms with E-state index in [1.807, 2.05) is 42.5 Å². The van der Waals surface area contributed by atoms with Gasteiger partial charge in [0.05, 0.1) is 0 Å². The smallest absolute Gasteiger partial charge is 0.274 e. The molecule has 4 aromatic rings. The first-order chi connectivity index (χ1) is 11.2. The Morgan fingerprint density at radius 1 is 0.957 bits per heavy atom. The van der Waals surface area contributed by atoms with Crippen molar-refractivity contribution < 1.29 is 4.79 Å². The topological polar surface area (TPSA) is 66.4 Å². The number of nitrogens with zero attached hydrogens (tertiary/aromatic N) is 1. The molecule has 0 radical (unpaired) electrons. The van der Waals surface area contributed by atoms with Crippen LogP contribution < -0.4 is 10.9 Å². The minimum atomic E-state index is -0.332. The molecule has 0 saturated heterocycles. The number of anilines is 1. The van der Waals surface area contributed by atoms with Crippen molar-refractivity contribution in [1.29, 1.82) is 0 Å². The number of carbonyl (C=O) groups is 1. The summed E-state index contributed by atoms with van der Waals surface area (Å²) in [4.78, 5) is 27.5. The number of hydrogen-bond donors (Lipinski definition) is 2. The van der Waals surface area contributed by atoms with Gasteiger partial charge in [0.2, 0.25) is 0 Å². The third-order valence-electron chi connectivity index (χ3n) is 3.82. The lowest BCUT2D eigenvalue weighted by molar-refractivity contribution is 0.102. The van der Waals surface area contributed by atoms with Crippen molar-refractivity contribution >= 4 is 28.0 Å². The predicted octanol–water partition coefficient (Wildman–Crippen LogP) is 3.03. The van der Waals surface area contributed by atoms with Gasteiger partial charge in [0.1, 0.15) is 11.3 Å². The number of nitrogens with one attached hydrogen (secondary N) is 2. The van der Waals surface area contributed by atoms with E-state index in [1.54, 1.807) is 12.1 Å². The molecule has 0 unspecified atom stereocenters. The summed E-state index contributed by atoms with van der Waals surface area (Å²) >= 11 is 0. The van der Waals surface area contributed by atoms with Crippen LogP contribution in [0.25, 0.3) is 16.4 Å². The molecule has 0 aliphatic heterocycles. The second-order valence-electron chi connectivity index (χ2n) is 5.24. The third kappa shape index (κ3) is 2.19. The number of hydrogen-bond acceptors (Lipinski definition) is 2. The molecule has 0 atom stereocenters. The molecule has 0 bridgehead atoms. The maximum atomic E-state index is 12.6. The molecule has 0 spiro atoms.